The first-order chi connectivity index (χ1) is 18.9. The fourth-order valence-electron chi connectivity index (χ4n) is 11.0. The Hall–Kier alpha value is -0.690. The lowest BCUT2D eigenvalue weighted by Crippen LogP contribution is -2.81. The van der Waals surface area contributed by atoms with E-state index >= 15 is 4.57 Å². The lowest BCUT2D eigenvalue weighted by Gasteiger charge is -2.67. The highest BCUT2D eigenvalue weighted by Crippen LogP contribution is 2.86. The molecule has 42 heavy (non-hydrogen) atoms. The summed E-state index contributed by atoms with van der Waals surface area (Å²) in [6, 6.07) is 0. The molecular formula is C26H31F12O3P. The average Bonchev–Trinajstić information content (AvgIpc) is 2.77. The number of rotatable bonds is 5. The summed E-state index contributed by atoms with van der Waals surface area (Å²) in [6.45, 7) is 0. The lowest BCUT2D eigenvalue weighted by molar-refractivity contribution is -0.489. The predicted octanol–water partition coefficient (Wildman–Crippen LogP) is 8.94. The number of aliphatic hydroxyl groups is 1. The minimum atomic E-state index is -7.57. The first kappa shape index (κ1) is 31.3. The van der Waals surface area contributed by atoms with Crippen LogP contribution in [0.1, 0.15) is 77.0 Å². The first-order valence-corrected chi connectivity index (χ1v) is 15.9. The topological polar surface area (TPSA) is 46.5 Å². The molecule has 8 aliphatic carbocycles. The molecule has 0 amide bonds. The van der Waals surface area contributed by atoms with Gasteiger partial charge in [-0.25, -0.2) is 0 Å². The summed E-state index contributed by atoms with van der Waals surface area (Å²) in [5.41, 5.74) is -14.8. The van der Waals surface area contributed by atoms with Crippen molar-refractivity contribution < 1.29 is 66.9 Å². The minimum Gasteiger partial charge on any atom is -0.371 e. The van der Waals surface area contributed by atoms with Gasteiger partial charge in [0.1, 0.15) is 0 Å². The van der Waals surface area contributed by atoms with Gasteiger partial charge in [0.25, 0.3) is 0 Å². The Morgan fingerprint density at radius 2 is 0.738 bits per heavy atom. The van der Waals surface area contributed by atoms with Gasteiger partial charge < -0.3 is 5.11 Å². The third-order valence-corrected chi connectivity index (χ3v) is 15.8. The zero-order chi connectivity index (χ0) is 31.2. The number of hydrogen-bond donors (Lipinski definition) is 1. The molecule has 8 bridgehead atoms. The summed E-state index contributed by atoms with van der Waals surface area (Å²) in [6.07, 6.45) is -28.1. The molecule has 8 aliphatic rings. The molecule has 0 aliphatic heterocycles. The molecule has 0 atom stereocenters. The molecule has 0 aromatic carbocycles. The normalized spacial score (nSPS) is 41.8. The molecule has 0 heterocycles. The van der Waals surface area contributed by atoms with Crippen molar-refractivity contribution >= 4 is 7.37 Å². The van der Waals surface area contributed by atoms with E-state index in [-0.39, 0.29) is 74.0 Å². The van der Waals surface area contributed by atoms with E-state index in [4.69, 9.17) is 0 Å². The molecule has 16 heteroatoms. The minimum absolute atomic E-state index is 0.193. The second-order valence-corrected chi connectivity index (χ2v) is 17.5. The fourth-order valence-corrected chi connectivity index (χ4v) is 16.2. The third kappa shape index (κ3) is 3.86. The summed E-state index contributed by atoms with van der Waals surface area (Å²) >= 11 is 0. The summed E-state index contributed by atoms with van der Waals surface area (Å²) in [5.74, 6) is -1.76. The molecule has 3 nitrogen and oxygen atoms in total. The van der Waals surface area contributed by atoms with E-state index in [9.17, 15) is 57.8 Å². The second-order valence-electron chi connectivity index (χ2n) is 14.3. The Morgan fingerprint density at radius 1 is 0.500 bits per heavy atom. The van der Waals surface area contributed by atoms with Crippen molar-refractivity contribution in [3.63, 3.8) is 0 Å². The molecule has 1 N–H and O–H groups in total. The molecule has 8 saturated carbocycles. The van der Waals surface area contributed by atoms with Gasteiger partial charge in [-0.1, -0.05) is 0 Å². The van der Waals surface area contributed by atoms with Crippen LogP contribution in [0, 0.1) is 35.5 Å². The average molecular weight is 650 g/mol. The molecule has 0 radical (unpaired) electrons. The van der Waals surface area contributed by atoms with Gasteiger partial charge in [0, 0.05) is 10.3 Å². The van der Waals surface area contributed by atoms with Crippen molar-refractivity contribution in [1.29, 1.82) is 0 Å². The Morgan fingerprint density at radius 3 is 0.929 bits per heavy atom. The van der Waals surface area contributed by atoms with Crippen molar-refractivity contribution in [3.05, 3.63) is 0 Å². The van der Waals surface area contributed by atoms with Gasteiger partial charge in [0.15, 0.2) is 0 Å². The van der Waals surface area contributed by atoms with Crippen molar-refractivity contribution in [2.24, 2.45) is 35.5 Å². The van der Waals surface area contributed by atoms with Gasteiger partial charge in [-0.2, -0.15) is 52.7 Å². The number of hydrogen-bond acceptors (Lipinski definition) is 3. The van der Waals surface area contributed by atoms with E-state index in [2.05, 4.69) is 4.52 Å². The van der Waals surface area contributed by atoms with E-state index in [1.807, 2.05) is 0 Å². The van der Waals surface area contributed by atoms with Crippen LogP contribution >= 0.6 is 7.37 Å². The monoisotopic (exact) mass is 650 g/mol. The molecule has 8 rings (SSSR count). The summed E-state index contributed by atoms with van der Waals surface area (Å²) in [7, 11) is -5.77. The Bertz CT molecular complexity index is 1010. The van der Waals surface area contributed by atoms with Crippen LogP contribution in [-0.2, 0) is 9.09 Å². The van der Waals surface area contributed by atoms with E-state index in [1.54, 1.807) is 0 Å². The Balaban J connectivity index is 1.64. The second kappa shape index (κ2) is 8.76. The van der Waals surface area contributed by atoms with Crippen LogP contribution in [0.15, 0.2) is 0 Å². The smallest absolute Gasteiger partial charge is 0.371 e. The van der Waals surface area contributed by atoms with Gasteiger partial charge in [-0.15, -0.1) is 0 Å². The SMILES string of the molecule is O=P(OC(C(F)(F)F)(C(F)(F)F)C(O)(C(F)(F)F)C(F)(F)F)(C12CC3CC(CC(C3)C1)C2)C12CC3CC(CC(C3)C1)C2. The van der Waals surface area contributed by atoms with Crippen molar-refractivity contribution in [1.82, 2.24) is 0 Å². The Labute approximate surface area is 233 Å². The van der Waals surface area contributed by atoms with Crippen LogP contribution < -0.4 is 0 Å². The maximum absolute atomic E-state index is 15.7. The highest BCUT2D eigenvalue weighted by atomic mass is 31.2. The van der Waals surface area contributed by atoms with Crippen LogP contribution in [0.5, 0.6) is 0 Å². The largest absolute Gasteiger partial charge is 0.430 e. The highest BCUT2D eigenvalue weighted by molar-refractivity contribution is 7.62. The van der Waals surface area contributed by atoms with E-state index < -0.39 is 53.6 Å². The van der Waals surface area contributed by atoms with Gasteiger partial charge in [-0.05, 0) is 113 Å². The summed E-state index contributed by atoms with van der Waals surface area (Å²) in [4.78, 5) is 0. The maximum atomic E-state index is 15.7. The van der Waals surface area contributed by atoms with Crippen LogP contribution in [0.25, 0.3) is 0 Å². The van der Waals surface area contributed by atoms with E-state index in [1.165, 1.54) is 0 Å². The summed E-state index contributed by atoms with van der Waals surface area (Å²) < 4.78 is 194. The molecule has 0 aromatic heterocycles. The molecule has 0 saturated heterocycles. The maximum Gasteiger partial charge on any atom is 0.430 e. The standard InChI is InChI=1S/C26H31F12O3P/c27-23(28,29)21(39,24(30,31)32)22(25(33,34)35,26(36,37)38)41-42(40,19-7-13-1-14(8-19)3-15(2-13)9-19)20-10-16-4-17(11-20)6-18(5-16)12-20/h13-18,39H,1-12H2. The molecule has 0 aromatic rings. The number of alkyl halides is 12. The third-order valence-electron chi connectivity index (χ3n) is 11.7. The van der Waals surface area contributed by atoms with E-state index in [0.717, 1.165) is 0 Å². The van der Waals surface area contributed by atoms with Crippen LogP contribution in [0.2, 0.25) is 0 Å². The van der Waals surface area contributed by atoms with Crippen LogP contribution in [-0.4, -0.2) is 51.3 Å². The molecule has 8 fully saturated rings. The van der Waals surface area contributed by atoms with Crippen molar-refractivity contribution in [2.45, 2.75) is 123 Å². The highest BCUT2D eigenvalue weighted by Gasteiger charge is 2.96. The molecule has 0 spiro atoms. The lowest BCUT2D eigenvalue weighted by atomic mass is 9.55. The predicted molar refractivity (Wildman–Crippen MR) is 122 cm³/mol. The van der Waals surface area contributed by atoms with Gasteiger partial charge in [0.05, 0.1) is 0 Å². The fraction of sp³-hybridized carbons (Fsp3) is 1.00. The van der Waals surface area contributed by atoms with E-state index in [0.29, 0.717) is 38.5 Å². The van der Waals surface area contributed by atoms with Crippen molar-refractivity contribution in [3.8, 4) is 0 Å². The molecule has 242 valence electrons. The first-order valence-electron chi connectivity index (χ1n) is 14.2. The zero-order valence-electron chi connectivity index (χ0n) is 22.2. The summed E-state index contributed by atoms with van der Waals surface area (Å²) in [5, 5.41) is 6.15. The van der Waals surface area contributed by atoms with Gasteiger partial charge in [-0.3, -0.25) is 9.09 Å². The van der Waals surface area contributed by atoms with Crippen LogP contribution in [0.3, 0.4) is 0 Å². The van der Waals surface area contributed by atoms with Crippen molar-refractivity contribution in [2.75, 3.05) is 0 Å². The number of halogens is 12. The van der Waals surface area contributed by atoms with Gasteiger partial charge >= 0.3 is 35.9 Å². The molecular weight excluding hydrogens is 619 g/mol. The van der Waals surface area contributed by atoms with Crippen LogP contribution in [0.4, 0.5) is 52.7 Å². The van der Waals surface area contributed by atoms with Gasteiger partial charge in [0.2, 0.25) is 7.37 Å². The zero-order valence-corrected chi connectivity index (χ0v) is 23.1. The molecule has 0 unspecified atom stereocenters. The quantitative estimate of drug-likeness (QED) is 0.239. The Kier molecular flexibility index (Phi) is 6.53.